The number of rotatable bonds is 1. The minimum atomic E-state index is -0.794. The van der Waals surface area contributed by atoms with E-state index < -0.39 is 22.2 Å². The number of esters is 2. The number of allylic oxidation sites excluding steroid dienone is 1. The van der Waals surface area contributed by atoms with E-state index in [2.05, 4.69) is 26.8 Å². The third-order valence-corrected chi connectivity index (χ3v) is 10.1. The van der Waals surface area contributed by atoms with Crippen molar-refractivity contribution in [3.63, 3.8) is 0 Å². The number of hydrogen-bond donors (Lipinski definition) is 0. The summed E-state index contributed by atoms with van der Waals surface area (Å²) in [7, 11) is 0. The van der Waals surface area contributed by atoms with Gasteiger partial charge in [0.25, 0.3) is 0 Å². The molecule has 0 bridgehead atoms. The molecule has 6 nitrogen and oxygen atoms in total. The summed E-state index contributed by atoms with van der Waals surface area (Å²) in [4.78, 5) is 25.7. The van der Waals surface area contributed by atoms with Gasteiger partial charge in [0.05, 0.1) is 25.1 Å². The second-order valence-corrected chi connectivity index (χ2v) is 11.8. The molecule has 1 spiro atoms. The lowest BCUT2D eigenvalue weighted by Crippen LogP contribution is -2.65. The first-order valence-electron chi connectivity index (χ1n) is 11.8. The molecule has 5 aliphatic rings. The molecule has 0 aromatic carbocycles. The molecule has 4 heterocycles. The van der Waals surface area contributed by atoms with Crippen molar-refractivity contribution in [2.24, 2.45) is 22.7 Å². The average Bonchev–Trinajstić information content (AvgIpc) is 3.13. The predicted molar refractivity (Wildman–Crippen MR) is 115 cm³/mol. The Morgan fingerprint density at radius 1 is 1.03 bits per heavy atom. The Labute approximate surface area is 188 Å². The summed E-state index contributed by atoms with van der Waals surface area (Å²) in [6, 6.07) is 2.05. The summed E-state index contributed by atoms with van der Waals surface area (Å²) in [6.07, 6.45) is 10.1. The standard InChI is InChI=1S/C26H32O6/c1-22(2)18-13-21(28)32-25(5)17(23(18,3)9-7-20(27)31-22)6-10-24(4)16(15-8-11-29-14-15)12-19-26(24,25)30-19/h7-9,11,14,16-19H,6,10,12-13H2,1-5H3/t16-,17-,18+,19+,23+,24-,25+,26+/m0/s1. The minimum Gasteiger partial charge on any atom is -0.472 e. The van der Waals surface area contributed by atoms with Gasteiger partial charge in [-0.15, -0.1) is 0 Å². The fraction of sp³-hybridized carbons (Fsp3) is 0.692. The van der Waals surface area contributed by atoms with Crippen LogP contribution in [0, 0.1) is 22.7 Å². The molecule has 1 aromatic rings. The number of hydrogen-bond acceptors (Lipinski definition) is 6. The minimum absolute atomic E-state index is 0.0117. The van der Waals surface area contributed by atoms with Crippen LogP contribution in [-0.2, 0) is 23.8 Å². The van der Waals surface area contributed by atoms with E-state index in [1.165, 1.54) is 5.56 Å². The fourth-order valence-corrected chi connectivity index (χ4v) is 8.76. The van der Waals surface area contributed by atoms with Gasteiger partial charge in [-0.2, -0.15) is 0 Å². The molecule has 6 heteroatoms. The SMILES string of the molecule is CC1(C)OC(=O)C=C[C@@]2(C)[C@@H]1CC(=O)O[C@]1(C)[C@H]2CC[C@@]2(C)[C@H](c3ccoc3)C[C@H]3O[C@]321. The van der Waals surface area contributed by atoms with Crippen molar-refractivity contribution in [1.29, 1.82) is 0 Å². The van der Waals surface area contributed by atoms with E-state index in [9.17, 15) is 9.59 Å². The zero-order valence-corrected chi connectivity index (χ0v) is 19.5. The molecular weight excluding hydrogens is 408 g/mol. The normalized spacial score (nSPS) is 50.7. The Bertz CT molecular complexity index is 1030. The van der Waals surface area contributed by atoms with Gasteiger partial charge < -0.3 is 18.6 Å². The Hall–Kier alpha value is -2.08. The summed E-state index contributed by atoms with van der Waals surface area (Å²) in [5, 5.41) is 0. The topological polar surface area (TPSA) is 78.3 Å². The molecule has 3 aliphatic heterocycles. The molecule has 6 rings (SSSR count). The molecule has 0 amide bonds. The third-order valence-electron chi connectivity index (χ3n) is 10.1. The molecule has 1 aromatic heterocycles. The van der Waals surface area contributed by atoms with Crippen molar-refractivity contribution in [1.82, 2.24) is 0 Å². The van der Waals surface area contributed by atoms with E-state index in [1.807, 2.05) is 26.2 Å². The van der Waals surface area contributed by atoms with Crippen LogP contribution in [0.15, 0.2) is 35.2 Å². The van der Waals surface area contributed by atoms with Gasteiger partial charge >= 0.3 is 11.9 Å². The van der Waals surface area contributed by atoms with E-state index in [4.69, 9.17) is 18.6 Å². The molecule has 2 saturated heterocycles. The van der Waals surface area contributed by atoms with E-state index >= 15 is 0 Å². The van der Waals surface area contributed by atoms with Gasteiger partial charge in [-0.25, -0.2) is 4.79 Å². The molecular formula is C26H32O6. The second-order valence-electron chi connectivity index (χ2n) is 11.8. The van der Waals surface area contributed by atoms with Gasteiger partial charge in [0.15, 0.2) is 0 Å². The third kappa shape index (κ3) is 2.20. The maximum absolute atomic E-state index is 13.3. The lowest BCUT2D eigenvalue weighted by atomic mass is 9.47. The number of fused-ring (bicyclic) bond motifs is 3. The van der Waals surface area contributed by atoms with Crippen LogP contribution in [-0.4, -0.2) is 34.8 Å². The highest BCUT2D eigenvalue weighted by molar-refractivity contribution is 5.83. The first kappa shape index (κ1) is 20.5. The highest BCUT2D eigenvalue weighted by atomic mass is 16.7. The number of carbonyl (C=O) groups is 2. The van der Waals surface area contributed by atoms with E-state index in [-0.39, 0.29) is 41.7 Å². The highest BCUT2D eigenvalue weighted by Crippen LogP contribution is 2.78. The Balaban J connectivity index is 1.50. The van der Waals surface area contributed by atoms with Crippen LogP contribution in [0.4, 0.5) is 0 Å². The molecule has 2 aliphatic carbocycles. The fourth-order valence-electron chi connectivity index (χ4n) is 8.76. The zero-order chi connectivity index (χ0) is 22.7. The second kappa shape index (κ2) is 5.88. The molecule has 32 heavy (non-hydrogen) atoms. The maximum Gasteiger partial charge on any atom is 0.330 e. The molecule has 0 N–H and O–H groups in total. The van der Waals surface area contributed by atoms with Crippen molar-refractivity contribution in [3.05, 3.63) is 36.3 Å². The van der Waals surface area contributed by atoms with Crippen molar-refractivity contribution in [3.8, 4) is 0 Å². The van der Waals surface area contributed by atoms with E-state index in [0.717, 1.165) is 19.3 Å². The summed E-state index contributed by atoms with van der Waals surface area (Å²) < 4.78 is 24.2. The number of cyclic esters (lactones) is 1. The van der Waals surface area contributed by atoms with Gasteiger partial charge in [-0.1, -0.05) is 19.9 Å². The van der Waals surface area contributed by atoms with Crippen molar-refractivity contribution in [2.75, 3.05) is 0 Å². The number of ether oxygens (including phenoxy) is 3. The number of furan rings is 1. The van der Waals surface area contributed by atoms with Crippen LogP contribution in [0.5, 0.6) is 0 Å². The van der Waals surface area contributed by atoms with Crippen molar-refractivity contribution in [2.45, 2.75) is 89.1 Å². The Morgan fingerprint density at radius 2 is 1.81 bits per heavy atom. The van der Waals surface area contributed by atoms with Crippen LogP contribution >= 0.6 is 0 Å². The monoisotopic (exact) mass is 440 g/mol. The molecule has 4 fully saturated rings. The van der Waals surface area contributed by atoms with Crippen LogP contribution < -0.4 is 0 Å². The van der Waals surface area contributed by atoms with Crippen molar-refractivity contribution >= 4 is 11.9 Å². The lowest BCUT2D eigenvalue weighted by molar-refractivity contribution is -0.204. The number of epoxide rings is 1. The molecule has 172 valence electrons. The maximum atomic E-state index is 13.3. The van der Waals surface area contributed by atoms with E-state index in [1.54, 1.807) is 12.3 Å². The summed E-state index contributed by atoms with van der Waals surface area (Å²) >= 11 is 0. The van der Waals surface area contributed by atoms with Gasteiger partial charge in [-0.3, -0.25) is 4.79 Å². The molecule has 0 radical (unpaired) electrons. The Kier molecular flexibility index (Phi) is 3.77. The quantitative estimate of drug-likeness (QED) is 0.471. The first-order chi connectivity index (χ1) is 15.0. The molecule has 8 atom stereocenters. The van der Waals surface area contributed by atoms with E-state index in [0.29, 0.717) is 5.92 Å². The highest BCUT2D eigenvalue weighted by Gasteiger charge is 2.86. The zero-order valence-electron chi connectivity index (χ0n) is 19.5. The van der Waals surface area contributed by atoms with Crippen LogP contribution in [0.25, 0.3) is 0 Å². The molecule has 2 saturated carbocycles. The summed E-state index contributed by atoms with van der Waals surface area (Å²) in [5.41, 5.74) is -1.53. The summed E-state index contributed by atoms with van der Waals surface area (Å²) in [5.74, 6) is -0.446. The van der Waals surface area contributed by atoms with Gasteiger partial charge in [0, 0.05) is 23.3 Å². The molecule has 0 unspecified atom stereocenters. The summed E-state index contributed by atoms with van der Waals surface area (Å²) in [6.45, 7) is 10.4. The first-order valence-corrected chi connectivity index (χ1v) is 11.8. The predicted octanol–water partition coefficient (Wildman–Crippen LogP) is 4.54. The largest absolute Gasteiger partial charge is 0.472 e. The van der Waals surface area contributed by atoms with Crippen molar-refractivity contribution < 1.29 is 28.2 Å². The smallest absolute Gasteiger partial charge is 0.330 e. The van der Waals surface area contributed by atoms with Crippen LogP contribution in [0.2, 0.25) is 0 Å². The van der Waals surface area contributed by atoms with Gasteiger partial charge in [0.2, 0.25) is 0 Å². The van der Waals surface area contributed by atoms with Crippen LogP contribution in [0.1, 0.15) is 71.8 Å². The number of carbonyl (C=O) groups excluding carboxylic acids is 2. The van der Waals surface area contributed by atoms with Gasteiger partial charge in [-0.05, 0) is 63.0 Å². The lowest BCUT2D eigenvalue weighted by Gasteiger charge is -2.58. The van der Waals surface area contributed by atoms with Crippen LogP contribution in [0.3, 0.4) is 0 Å². The van der Waals surface area contributed by atoms with Gasteiger partial charge in [0.1, 0.15) is 16.8 Å². The average molecular weight is 441 g/mol. The Morgan fingerprint density at radius 3 is 2.53 bits per heavy atom.